The highest BCUT2D eigenvalue weighted by atomic mass is 19.4. The lowest BCUT2D eigenvalue weighted by Gasteiger charge is -2.38. The summed E-state index contributed by atoms with van der Waals surface area (Å²) in [6, 6.07) is 43.5. The van der Waals surface area contributed by atoms with Crippen molar-refractivity contribution in [1.82, 2.24) is 69.3 Å². The number of hydrogen-bond donors (Lipinski definition) is 8. The fraction of sp³-hybridized carbons (Fsp3) is 0.470. The molecule has 0 radical (unpaired) electrons. The van der Waals surface area contributed by atoms with Gasteiger partial charge in [0, 0.05) is 164 Å². The molecule has 4 aliphatic rings. The Kier molecular flexibility index (Phi) is 35.6. The number of aromatic amines is 4. The van der Waals surface area contributed by atoms with Gasteiger partial charge < -0.3 is 88.1 Å². The molecule has 3 aliphatic heterocycles. The first-order chi connectivity index (χ1) is 70.0. The second-order valence-corrected chi connectivity index (χ2v) is 41.7. The number of ether oxygens (including phenoxy) is 5. The van der Waals surface area contributed by atoms with E-state index in [1.54, 1.807) is 26.0 Å². The molecule has 27 nitrogen and oxygen atoms in total. The van der Waals surface area contributed by atoms with Crippen LogP contribution in [0.5, 0.6) is 23.0 Å². The van der Waals surface area contributed by atoms with Crippen LogP contribution >= 0.6 is 0 Å². The maximum atomic E-state index is 13.7. The Hall–Kier alpha value is -13.2. The third-order valence-electron chi connectivity index (χ3n) is 30.2. The smallest absolute Gasteiger partial charge is 0.401 e. The lowest BCUT2D eigenvalue weighted by Crippen LogP contribution is -2.41. The monoisotopic (exact) mass is 2020 g/mol. The second kappa shape index (κ2) is 47.8. The Morgan fingerprint density at radius 1 is 0.422 bits per heavy atom. The molecule has 5 aromatic carbocycles. The molecule has 3 atom stereocenters. The molecule has 13 aromatic rings. The molecule has 11 heterocycles. The minimum atomic E-state index is -4.21. The minimum Gasteiger partial charge on any atom is -0.496 e. The molecule has 8 N–H and O–H groups in total. The normalized spacial score (nSPS) is 15.4. The van der Waals surface area contributed by atoms with Crippen LogP contribution in [0.2, 0.25) is 0 Å². The first-order valence-corrected chi connectivity index (χ1v) is 52.1. The maximum Gasteiger partial charge on any atom is 0.401 e. The number of likely N-dealkylation sites (tertiary alicyclic amines) is 2. The fourth-order valence-electron chi connectivity index (χ4n) is 22.4. The highest BCUT2D eigenvalue weighted by Gasteiger charge is 2.38. The fourth-order valence-corrected chi connectivity index (χ4v) is 22.4. The summed E-state index contributed by atoms with van der Waals surface area (Å²) in [6.45, 7) is 44.5. The second-order valence-electron chi connectivity index (χ2n) is 41.7. The van der Waals surface area contributed by atoms with E-state index in [0.717, 1.165) is 139 Å². The number of methoxy groups -OCH3 is 2. The van der Waals surface area contributed by atoms with Gasteiger partial charge in [0.1, 0.15) is 23.0 Å². The first-order valence-electron chi connectivity index (χ1n) is 52.1. The zero-order valence-electron chi connectivity index (χ0n) is 89.5. The summed E-state index contributed by atoms with van der Waals surface area (Å²) in [5.41, 5.74) is 18.3. The summed E-state index contributed by atoms with van der Waals surface area (Å²) < 4.78 is 76.2. The number of pyridine rings is 4. The number of fused-ring (bicyclic) bond motifs is 4. The Bertz CT molecular complexity index is 7160. The number of nitrogens with zero attached hydrogens (tertiary/aromatic N) is 6. The molecular formula is C117H149F3N14O13. The summed E-state index contributed by atoms with van der Waals surface area (Å²) >= 11 is 0. The molecular weight excluding hydrogens is 1870 g/mol. The number of H-pyrrole nitrogens is 4. The SMILES string of the molecule is COc1cc(C)[nH]c(=O)c1CNC(=O)c1c(C)n([C@@H](C)C2CCN(CC(F)(F)F)CC2)c2cc(OC(C)C)ccc12.COc1cc(C)[nH]c(=O)c1CNC(=O)c1c(C)n([C@@H](C)C2CCOCC2)c2cc(OC(C)C)ccc12.Cc1cc(C)c(CNC(=O)c2c(C)n(C(C)C3CCN(C(C)C)CC3)c3ccccc23)c(=O)[nH]1.Cc1cc(C)c(CNC(=O)c2cc(-c3ccc(C(C)C)cc3)cc3c2ccn3C2CCCC2)c(=O)[nH]1. The van der Waals surface area contributed by atoms with E-state index >= 15 is 0 Å². The zero-order valence-corrected chi connectivity index (χ0v) is 89.5. The molecule has 1 aliphatic carbocycles. The van der Waals surface area contributed by atoms with Gasteiger partial charge in [-0.25, -0.2) is 0 Å². The molecule has 1 unspecified atom stereocenters. The molecule has 0 bridgehead atoms. The molecule has 30 heteroatoms. The van der Waals surface area contributed by atoms with E-state index in [2.05, 4.69) is 168 Å². The van der Waals surface area contributed by atoms with Crippen LogP contribution in [0.3, 0.4) is 0 Å². The molecule has 4 fully saturated rings. The lowest BCUT2D eigenvalue weighted by molar-refractivity contribution is -0.149. The van der Waals surface area contributed by atoms with Crippen LogP contribution in [0.1, 0.15) is 291 Å². The number of alkyl halides is 3. The molecule has 3 saturated heterocycles. The largest absolute Gasteiger partial charge is 0.496 e. The quantitative estimate of drug-likeness (QED) is 0.0216. The van der Waals surface area contributed by atoms with Crippen LogP contribution in [0.4, 0.5) is 13.2 Å². The van der Waals surface area contributed by atoms with Crippen LogP contribution in [-0.2, 0) is 30.9 Å². The molecule has 8 aromatic heterocycles. The number of rotatable bonds is 29. The van der Waals surface area contributed by atoms with Gasteiger partial charge in [-0.3, -0.25) is 43.3 Å². The van der Waals surface area contributed by atoms with Crippen LogP contribution in [0.15, 0.2) is 153 Å². The van der Waals surface area contributed by atoms with Crippen molar-refractivity contribution >= 4 is 67.2 Å². The lowest BCUT2D eigenvalue weighted by atomic mass is 9.89. The van der Waals surface area contributed by atoms with Crippen LogP contribution < -0.4 is 62.5 Å². The van der Waals surface area contributed by atoms with Crippen molar-refractivity contribution in [3.05, 3.63) is 276 Å². The number of aromatic nitrogens is 8. The molecule has 17 rings (SSSR count). The number of para-hydroxylation sites is 1. The number of piperidine rings is 2. The van der Waals surface area contributed by atoms with Gasteiger partial charge in [0.2, 0.25) is 0 Å². The average Bonchev–Trinajstić information content (AvgIpc) is 1.61. The number of carbonyl (C=O) groups excluding carboxylic acids is 4. The highest BCUT2D eigenvalue weighted by Crippen LogP contribution is 2.44. The number of hydrogen-bond acceptors (Lipinski definition) is 15. The Labute approximate surface area is 859 Å². The summed E-state index contributed by atoms with van der Waals surface area (Å²) in [6.07, 6.45) is 8.32. The molecule has 4 amide bonds. The number of halogens is 3. The van der Waals surface area contributed by atoms with E-state index in [9.17, 15) is 51.5 Å². The van der Waals surface area contributed by atoms with Gasteiger partial charge in [0.05, 0.1) is 84.9 Å². The minimum absolute atomic E-state index is 0.0223. The van der Waals surface area contributed by atoms with Gasteiger partial charge >= 0.3 is 6.18 Å². The van der Waals surface area contributed by atoms with Crippen LogP contribution in [-0.4, -0.2) is 156 Å². The van der Waals surface area contributed by atoms with Gasteiger partial charge in [-0.1, -0.05) is 69.2 Å². The summed E-state index contributed by atoms with van der Waals surface area (Å²) in [4.78, 5) is 119. The van der Waals surface area contributed by atoms with Crippen molar-refractivity contribution in [3.63, 3.8) is 0 Å². The van der Waals surface area contributed by atoms with Crippen LogP contribution in [0.25, 0.3) is 54.7 Å². The van der Waals surface area contributed by atoms with Crippen molar-refractivity contribution in [2.45, 2.75) is 283 Å². The van der Waals surface area contributed by atoms with E-state index in [-0.39, 0.29) is 102 Å². The standard InChI is InChI=1S/C31H35N3O2.C30H39F3N4O4.C28H38N4O2.C28H37N3O5/c1-19(2)22-9-11-23(12-10-22)24-16-27(26-13-14-34(29(26)17-24)25-7-5-6-8-25)30(35)32-18-28-20(3)15-21(4)33-31(28)36;1-17(2)41-22-7-8-23-25(14-22)37(19(4)21-9-11-36(12-10-21)16-30(31,32)33)20(5)27(23)29(39)34-15-24-26(40-6)13-18(3)35-28(24)38;1-17(2)31-13-11-22(12-14-31)20(5)32-21(6)26(23-9-7-8-10-25(23)32)28(34)29-16-24-18(3)15-19(4)30-27(24)33;1-16(2)36-21-7-8-22-24(14-21)31(18(4)20-9-11-35-12-10-20)19(5)26(22)28(33)29-15-23-25(34-6)13-17(3)30-27(23)32/h9-17,19,25H,5-8,18H2,1-4H3,(H,32,35)(H,33,36);7-8,13-14,17,19,21H,9-12,15-16H2,1-6H3,(H,34,39)(H,35,38);7-10,15,17,20,22H,11-14,16H2,1-6H3,(H,29,34)(H,30,33);7-8,13-14,16,18,20H,9-12,15H2,1-6H3,(H,29,33)(H,30,32)/t;19-;;18-/m.0.0/s1. The van der Waals surface area contributed by atoms with E-state index in [0.29, 0.717) is 135 Å². The first kappa shape index (κ1) is 110. The van der Waals surface area contributed by atoms with Crippen molar-refractivity contribution in [1.29, 1.82) is 0 Å². The van der Waals surface area contributed by atoms with Crippen LogP contribution in [0, 0.1) is 80.1 Å². The average molecular weight is 2020 g/mol. The Morgan fingerprint density at radius 2 is 0.823 bits per heavy atom. The predicted octanol–water partition coefficient (Wildman–Crippen LogP) is 21.8. The zero-order chi connectivity index (χ0) is 106. The number of benzene rings is 5. The Morgan fingerprint density at radius 3 is 1.24 bits per heavy atom. The molecule has 1 saturated carbocycles. The van der Waals surface area contributed by atoms with Gasteiger partial charge in [0.15, 0.2) is 0 Å². The van der Waals surface area contributed by atoms with Crippen molar-refractivity contribution in [2.75, 3.05) is 60.2 Å². The molecule has 147 heavy (non-hydrogen) atoms. The summed E-state index contributed by atoms with van der Waals surface area (Å²) in [5.74, 6) is 3.07. The van der Waals surface area contributed by atoms with E-state index in [4.69, 9.17) is 23.7 Å². The third kappa shape index (κ3) is 25.5. The third-order valence-corrected chi connectivity index (χ3v) is 30.2. The highest BCUT2D eigenvalue weighted by molar-refractivity contribution is 6.11. The van der Waals surface area contributed by atoms with Gasteiger partial charge in [0.25, 0.3) is 45.9 Å². The molecule has 0 spiro atoms. The van der Waals surface area contributed by atoms with Crippen molar-refractivity contribution in [2.24, 2.45) is 17.8 Å². The number of aryl methyl sites for hydroxylation is 6. The van der Waals surface area contributed by atoms with E-state index in [1.807, 2.05) is 142 Å². The van der Waals surface area contributed by atoms with Gasteiger partial charge in [-0.15, -0.1) is 0 Å². The van der Waals surface area contributed by atoms with Gasteiger partial charge in [-0.2, -0.15) is 13.2 Å². The summed E-state index contributed by atoms with van der Waals surface area (Å²) in [5, 5.41) is 15.4. The topological polar surface area (TPSA) is 320 Å². The number of nitrogens with one attached hydrogen (secondary N) is 8. The van der Waals surface area contributed by atoms with E-state index < -0.39 is 12.7 Å². The predicted molar refractivity (Wildman–Crippen MR) is 577 cm³/mol. The van der Waals surface area contributed by atoms with E-state index in [1.165, 1.54) is 63.2 Å². The number of carbonyl (C=O) groups is 4. The van der Waals surface area contributed by atoms with Crippen molar-refractivity contribution in [3.8, 4) is 34.1 Å². The van der Waals surface area contributed by atoms with Gasteiger partial charge in [-0.05, 0) is 326 Å². The summed E-state index contributed by atoms with van der Waals surface area (Å²) in [7, 11) is 2.99. The molecule has 786 valence electrons. The maximum absolute atomic E-state index is 13.7. The number of amides is 4. The Balaban J connectivity index is 0.000000155. The van der Waals surface area contributed by atoms with Crippen molar-refractivity contribution < 1.29 is 56.0 Å².